The van der Waals surface area contributed by atoms with Crippen LogP contribution in [-0.4, -0.2) is 38.6 Å². The average molecular weight is 302 g/mol. The molecule has 1 rings (SSSR count). The van der Waals surface area contributed by atoms with Crippen LogP contribution in [0, 0.1) is 11.6 Å². The van der Waals surface area contributed by atoms with Crippen LogP contribution in [-0.2, 0) is 9.53 Å². The molecule has 1 aromatic rings. The molecule has 0 aromatic heterocycles. The summed E-state index contributed by atoms with van der Waals surface area (Å²) in [4.78, 5) is 23.0. The number of carbonyl (C=O) groups is 2. The van der Waals surface area contributed by atoms with Crippen molar-refractivity contribution in [2.24, 2.45) is 5.84 Å². The minimum atomic E-state index is -1.01. The number of hydrogen-bond donors (Lipinski definition) is 4. The monoisotopic (exact) mass is 302 g/mol. The molecular weight excluding hydrogens is 286 g/mol. The summed E-state index contributed by atoms with van der Waals surface area (Å²) in [5.74, 6) is 1.70. The minimum Gasteiger partial charge on any atom is -0.383 e. The molecule has 2 amide bonds. The Balaban J connectivity index is 2.58. The van der Waals surface area contributed by atoms with Crippen LogP contribution in [0.5, 0.6) is 0 Å². The lowest BCUT2D eigenvalue weighted by Crippen LogP contribution is -2.38. The number of amides is 2. The number of carbonyl (C=O) groups excluding carboxylic acids is 2. The molecule has 5 N–H and O–H groups in total. The zero-order valence-corrected chi connectivity index (χ0v) is 11.3. The summed E-state index contributed by atoms with van der Waals surface area (Å²) in [7, 11) is 1.48. The lowest BCUT2D eigenvalue weighted by molar-refractivity contribution is -0.120. The summed E-state index contributed by atoms with van der Waals surface area (Å²) < 4.78 is 31.6. The van der Waals surface area contributed by atoms with Crippen molar-refractivity contribution in [2.75, 3.05) is 32.2 Å². The van der Waals surface area contributed by atoms with Crippen molar-refractivity contribution in [1.29, 1.82) is 0 Å². The third-order valence-corrected chi connectivity index (χ3v) is 2.49. The van der Waals surface area contributed by atoms with E-state index in [0.717, 1.165) is 12.1 Å². The Morgan fingerprint density at radius 2 is 1.86 bits per heavy atom. The van der Waals surface area contributed by atoms with Gasteiger partial charge in [0.2, 0.25) is 5.91 Å². The first-order valence-corrected chi connectivity index (χ1v) is 5.99. The van der Waals surface area contributed by atoms with E-state index in [0.29, 0.717) is 13.2 Å². The fraction of sp³-hybridized carbons (Fsp3) is 0.333. The first-order valence-electron chi connectivity index (χ1n) is 5.99. The van der Waals surface area contributed by atoms with Crippen molar-refractivity contribution in [2.45, 2.75) is 0 Å². The van der Waals surface area contributed by atoms with E-state index in [9.17, 15) is 18.4 Å². The molecule has 0 bridgehead atoms. The van der Waals surface area contributed by atoms with Gasteiger partial charge in [0.1, 0.15) is 5.69 Å². The van der Waals surface area contributed by atoms with Crippen LogP contribution in [0.3, 0.4) is 0 Å². The van der Waals surface area contributed by atoms with Crippen molar-refractivity contribution < 1.29 is 23.1 Å². The first kappa shape index (κ1) is 16.8. The molecule has 0 saturated heterocycles. The molecule has 0 fully saturated rings. The number of nitrogens with two attached hydrogens (primary N) is 1. The quantitative estimate of drug-likeness (QED) is 0.315. The highest BCUT2D eigenvalue weighted by molar-refractivity contribution is 5.96. The lowest BCUT2D eigenvalue weighted by atomic mass is 10.1. The smallest absolute Gasteiger partial charge is 0.251 e. The molecule has 0 heterocycles. The summed E-state index contributed by atoms with van der Waals surface area (Å²) in [5, 5.41) is 4.72. The Morgan fingerprint density at radius 3 is 2.38 bits per heavy atom. The van der Waals surface area contributed by atoms with Gasteiger partial charge in [0.15, 0.2) is 11.6 Å². The fourth-order valence-electron chi connectivity index (χ4n) is 1.46. The molecular formula is C12H16F2N4O3. The number of hydrogen-bond acceptors (Lipinski definition) is 5. The number of rotatable bonds is 7. The predicted octanol–water partition coefficient (Wildman–Crippen LogP) is -0.257. The topological polar surface area (TPSA) is 105 Å². The maximum atomic E-state index is 13.4. The highest BCUT2D eigenvalue weighted by Gasteiger charge is 2.15. The molecule has 0 spiro atoms. The van der Waals surface area contributed by atoms with Gasteiger partial charge in [-0.25, -0.2) is 8.78 Å². The highest BCUT2D eigenvalue weighted by Crippen LogP contribution is 2.19. The molecule has 0 aliphatic heterocycles. The highest BCUT2D eigenvalue weighted by atomic mass is 19.1. The molecule has 0 atom stereocenters. The summed E-state index contributed by atoms with van der Waals surface area (Å²) in [6.07, 6.45) is 0. The van der Waals surface area contributed by atoms with Gasteiger partial charge in [-0.05, 0) is 12.1 Å². The van der Waals surface area contributed by atoms with Crippen LogP contribution in [0.15, 0.2) is 12.1 Å². The van der Waals surface area contributed by atoms with Gasteiger partial charge >= 0.3 is 0 Å². The van der Waals surface area contributed by atoms with Crippen molar-refractivity contribution in [3.63, 3.8) is 0 Å². The van der Waals surface area contributed by atoms with Gasteiger partial charge < -0.3 is 20.8 Å². The third kappa shape index (κ3) is 4.97. The average Bonchev–Trinajstić information content (AvgIpc) is 2.44. The second kappa shape index (κ2) is 8.12. The Hall–Kier alpha value is -2.26. The molecule has 9 heteroatoms. The normalized spacial score (nSPS) is 10.1. The van der Waals surface area contributed by atoms with Crippen LogP contribution in [0.25, 0.3) is 0 Å². The van der Waals surface area contributed by atoms with Gasteiger partial charge in [0.05, 0.1) is 13.2 Å². The summed E-state index contributed by atoms with van der Waals surface area (Å²) in [6, 6.07) is 1.63. The van der Waals surface area contributed by atoms with E-state index in [2.05, 4.69) is 10.6 Å². The van der Waals surface area contributed by atoms with Crippen molar-refractivity contribution in [3.05, 3.63) is 29.3 Å². The van der Waals surface area contributed by atoms with Gasteiger partial charge in [-0.3, -0.25) is 15.4 Å². The lowest BCUT2D eigenvalue weighted by Gasteiger charge is -2.09. The van der Waals surface area contributed by atoms with Gasteiger partial charge in [-0.2, -0.15) is 0 Å². The zero-order valence-electron chi connectivity index (χ0n) is 11.3. The van der Waals surface area contributed by atoms with E-state index in [-0.39, 0.29) is 12.1 Å². The van der Waals surface area contributed by atoms with Gasteiger partial charge in [-0.15, -0.1) is 0 Å². The van der Waals surface area contributed by atoms with Crippen LogP contribution in [0.4, 0.5) is 14.5 Å². The fourth-order valence-corrected chi connectivity index (χ4v) is 1.46. The Labute approximate surface area is 119 Å². The van der Waals surface area contributed by atoms with E-state index in [1.165, 1.54) is 7.11 Å². The van der Waals surface area contributed by atoms with Crippen LogP contribution in [0.2, 0.25) is 0 Å². The van der Waals surface area contributed by atoms with Gasteiger partial charge in [0.25, 0.3) is 5.91 Å². The number of hydrazine groups is 1. The van der Waals surface area contributed by atoms with Gasteiger partial charge in [-0.1, -0.05) is 0 Å². The molecule has 0 unspecified atom stereocenters. The van der Waals surface area contributed by atoms with Crippen molar-refractivity contribution in [3.8, 4) is 0 Å². The number of methoxy groups -OCH3 is 1. The number of ether oxygens (including phenoxy) is 1. The Bertz CT molecular complexity index is 502. The number of benzene rings is 1. The molecule has 21 heavy (non-hydrogen) atoms. The maximum absolute atomic E-state index is 13.4. The largest absolute Gasteiger partial charge is 0.383 e. The maximum Gasteiger partial charge on any atom is 0.251 e. The van der Waals surface area contributed by atoms with E-state index in [1.807, 2.05) is 5.43 Å². The molecule has 0 saturated carbocycles. The molecule has 7 nitrogen and oxygen atoms in total. The first-order chi connectivity index (χ1) is 9.99. The van der Waals surface area contributed by atoms with Crippen LogP contribution >= 0.6 is 0 Å². The second-order valence-corrected chi connectivity index (χ2v) is 3.98. The van der Waals surface area contributed by atoms with Gasteiger partial charge in [0, 0.05) is 19.2 Å². The second-order valence-electron chi connectivity index (χ2n) is 3.98. The van der Waals surface area contributed by atoms with Crippen LogP contribution in [0.1, 0.15) is 10.4 Å². The molecule has 0 aliphatic carbocycles. The van der Waals surface area contributed by atoms with Crippen molar-refractivity contribution in [1.82, 2.24) is 10.6 Å². The summed E-state index contributed by atoms with van der Waals surface area (Å²) in [5.41, 5.74) is 1.06. The SMILES string of the molecule is COCCNC(=O)CNC(=O)c1cc(F)c(NN)c(F)c1. The summed E-state index contributed by atoms with van der Waals surface area (Å²) in [6.45, 7) is 0.317. The van der Waals surface area contributed by atoms with E-state index in [1.54, 1.807) is 0 Å². The standard InChI is InChI=1S/C12H16F2N4O3/c1-21-3-2-16-10(19)6-17-12(20)7-4-8(13)11(18-15)9(14)5-7/h4-5,18H,2-3,6,15H2,1H3,(H,16,19)(H,17,20). The van der Waals surface area contributed by atoms with Crippen LogP contribution < -0.4 is 21.9 Å². The van der Waals surface area contributed by atoms with E-state index < -0.39 is 29.1 Å². The third-order valence-electron chi connectivity index (χ3n) is 2.49. The number of anilines is 1. The molecule has 116 valence electrons. The van der Waals surface area contributed by atoms with E-state index in [4.69, 9.17) is 10.6 Å². The molecule has 1 aromatic carbocycles. The zero-order chi connectivity index (χ0) is 15.8. The van der Waals surface area contributed by atoms with E-state index >= 15 is 0 Å². The molecule has 0 radical (unpaired) electrons. The number of nitrogens with one attached hydrogen (secondary N) is 3. The Morgan fingerprint density at radius 1 is 1.24 bits per heavy atom. The summed E-state index contributed by atoms with van der Waals surface area (Å²) >= 11 is 0. The predicted molar refractivity (Wildman–Crippen MR) is 71.4 cm³/mol. The Kier molecular flexibility index (Phi) is 6.50. The number of halogens is 2. The van der Waals surface area contributed by atoms with Crippen molar-refractivity contribution >= 4 is 17.5 Å². The minimum absolute atomic E-state index is 0.256. The molecule has 0 aliphatic rings. The number of nitrogen functional groups attached to an aromatic ring is 1.